The van der Waals surface area contributed by atoms with E-state index in [0.29, 0.717) is 18.7 Å². The van der Waals surface area contributed by atoms with Crippen molar-refractivity contribution in [3.05, 3.63) is 64.5 Å². The van der Waals surface area contributed by atoms with Gasteiger partial charge < -0.3 is 5.32 Å². The third kappa shape index (κ3) is 4.10. The molecule has 9 heteroatoms. The maximum Gasteiger partial charge on any atom is 0.256 e. The van der Waals surface area contributed by atoms with Crippen LogP contribution in [0.3, 0.4) is 0 Å². The van der Waals surface area contributed by atoms with Crippen molar-refractivity contribution in [3.8, 4) is 10.6 Å². The average molecular weight is 498 g/mol. The minimum absolute atomic E-state index is 0.221. The number of thiophene rings is 1. The van der Waals surface area contributed by atoms with Gasteiger partial charge in [-0.05, 0) is 68.7 Å². The van der Waals surface area contributed by atoms with Gasteiger partial charge in [-0.1, -0.05) is 12.1 Å². The van der Waals surface area contributed by atoms with Gasteiger partial charge in [-0.2, -0.15) is 4.31 Å². The number of rotatable bonds is 5. The van der Waals surface area contributed by atoms with E-state index in [1.165, 1.54) is 27.8 Å². The molecule has 1 aliphatic heterocycles. The second kappa shape index (κ2) is 8.64. The van der Waals surface area contributed by atoms with Gasteiger partial charge in [0.2, 0.25) is 10.0 Å². The van der Waals surface area contributed by atoms with E-state index < -0.39 is 10.0 Å². The summed E-state index contributed by atoms with van der Waals surface area (Å²) in [7, 11) is -3.50. The topological polar surface area (TPSA) is 79.4 Å². The normalized spacial score (nSPS) is 14.7. The zero-order valence-electron chi connectivity index (χ0n) is 18.3. The van der Waals surface area contributed by atoms with Gasteiger partial charge in [-0.3, -0.25) is 4.79 Å². The fraction of sp³-hybridized carbons (Fsp3) is 0.250. The SMILES string of the molecule is Cc1sc(NC(=O)c2ccc(S(=O)(=O)N3CCCC3)cc2)c(-c2nc3ccccc3s2)c1C. The fourth-order valence-corrected chi connectivity index (χ4v) is 7.70. The first-order valence-electron chi connectivity index (χ1n) is 10.7. The van der Waals surface area contributed by atoms with Crippen molar-refractivity contribution in [1.29, 1.82) is 0 Å². The molecule has 1 N–H and O–H groups in total. The average Bonchev–Trinajstić information content (AvgIpc) is 3.54. The number of carbonyl (C=O) groups excluding carboxylic acids is 1. The Kier molecular flexibility index (Phi) is 5.82. The van der Waals surface area contributed by atoms with E-state index in [9.17, 15) is 13.2 Å². The lowest BCUT2D eigenvalue weighted by Crippen LogP contribution is -2.27. The molecular formula is C24H23N3O3S3. The van der Waals surface area contributed by atoms with Crippen LogP contribution in [0.25, 0.3) is 20.8 Å². The summed E-state index contributed by atoms with van der Waals surface area (Å²) in [4.78, 5) is 19.1. The maximum atomic E-state index is 13.0. The molecule has 33 heavy (non-hydrogen) atoms. The number of thiazole rings is 1. The molecule has 0 unspecified atom stereocenters. The summed E-state index contributed by atoms with van der Waals surface area (Å²) in [5, 5.41) is 4.66. The summed E-state index contributed by atoms with van der Waals surface area (Å²) in [5.41, 5.74) is 3.39. The second-order valence-electron chi connectivity index (χ2n) is 8.06. The molecule has 0 bridgehead atoms. The van der Waals surface area contributed by atoms with Crippen LogP contribution in [0, 0.1) is 13.8 Å². The number of nitrogens with one attached hydrogen (secondary N) is 1. The van der Waals surface area contributed by atoms with Gasteiger partial charge in [-0.15, -0.1) is 22.7 Å². The number of aryl methyl sites for hydroxylation is 1. The van der Waals surface area contributed by atoms with Gasteiger partial charge in [0.15, 0.2) is 0 Å². The minimum atomic E-state index is -3.50. The third-order valence-electron chi connectivity index (χ3n) is 5.94. The van der Waals surface area contributed by atoms with Gasteiger partial charge in [0.25, 0.3) is 5.91 Å². The molecule has 1 fully saturated rings. The smallest absolute Gasteiger partial charge is 0.256 e. The molecule has 1 aliphatic rings. The zero-order valence-corrected chi connectivity index (χ0v) is 20.7. The van der Waals surface area contributed by atoms with Crippen LogP contribution in [0.1, 0.15) is 33.6 Å². The number of fused-ring (bicyclic) bond motifs is 1. The fourth-order valence-electron chi connectivity index (χ4n) is 3.98. The molecule has 0 atom stereocenters. The first-order valence-corrected chi connectivity index (χ1v) is 13.8. The Morgan fingerprint density at radius 3 is 2.39 bits per heavy atom. The summed E-state index contributed by atoms with van der Waals surface area (Å²) in [5.74, 6) is -0.274. The van der Waals surface area contributed by atoms with Gasteiger partial charge >= 0.3 is 0 Å². The van der Waals surface area contributed by atoms with Crippen LogP contribution in [0.5, 0.6) is 0 Å². The molecule has 1 saturated heterocycles. The molecule has 6 nitrogen and oxygen atoms in total. The van der Waals surface area contributed by atoms with Crippen molar-refractivity contribution >= 4 is 53.8 Å². The number of benzene rings is 2. The molecule has 0 saturated carbocycles. The van der Waals surface area contributed by atoms with Crippen molar-refractivity contribution in [1.82, 2.24) is 9.29 Å². The van der Waals surface area contributed by atoms with Crippen LogP contribution in [-0.2, 0) is 10.0 Å². The Morgan fingerprint density at radius 1 is 1.00 bits per heavy atom. The van der Waals surface area contributed by atoms with Gasteiger partial charge in [0.1, 0.15) is 10.0 Å². The van der Waals surface area contributed by atoms with Crippen LogP contribution < -0.4 is 5.32 Å². The van der Waals surface area contributed by atoms with Gasteiger partial charge in [0.05, 0.1) is 15.1 Å². The Balaban J connectivity index is 1.42. The van der Waals surface area contributed by atoms with E-state index in [-0.39, 0.29) is 10.8 Å². The highest BCUT2D eigenvalue weighted by Gasteiger charge is 2.27. The number of para-hydroxylation sites is 1. The third-order valence-corrected chi connectivity index (χ3v) is 10.0. The van der Waals surface area contributed by atoms with E-state index >= 15 is 0 Å². The number of sulfonamides is 1. The lowest BCUT2D eigenvalue weighted by molar-refractivity contribution is 0.102. The summed E-state index contributed by atoms with van der Waals surface area (Å²) in [6.45, 7) is 5.18. The molecule has 0 radical (unpaired) electrons. The van der Waals surface area contributed by atoms with E-state index in [1.54, 1.807) is 23.5 Å². The van der Waals surface area contributed by atoms with Crippen LogP contribution in [0.15, 0.2) is 53.4 Å². The monoisotopic (exact) mass is 497 g/mol. The molecule has 1 amide bonds. The number of nitrogens with zero attached hydrogens (tertiary/aromatic N) is 2. The van der Waals surface area contributed by atoms with Crippen LogP contribution >= 0.6 is 22.7 Å². The summed E-state index contributed by atoms with van der Waals surface area (Å²) in [6.07, 6.45) is 1.77. The molecule has 5 rings (SSSR count). The van der Waals surface area contributed by atoms with Gasteiger partial charge in [-0.25, -0.2) is 13.4 Å². The van der Waals surface area contributed by atoms with Crippen LogP contribution in [0.4, 0.5) is 5.00 Å². The minimum Gasteiger partial charge on any atom is -0.313 e. The standard InChI is InChI=1S/C24H23N3O3S3/c1-15-16(2)31-24(21(15)23-25-19-7-3-4-8-20(19)32-23)26-22(28)17-9-11-18(12-10-17)33(29,30)27-13-5-6-14-27/h3-4,7-12H,5-6,13-14H2,1-2H3,(H,26,28). The number of carbonyl (C=O) groups is 1. The van der Waals surface area contributed by atoms with Crippen molar-refractivity contribution in [2.45, 2.75) is 31.6 Å². The summed E-state index contributed by atoms with van der Waals surface area (Å²) >= 11 is 3.13. The molecule has 3 heterocycles. The molecule has 170 valence electrons. The Bertz CT molecular complexity index is 1410. The van der Waals surface area contributed by atoms with Gasteiger partial charge in [0, 0.05) is 29.1 Å². The first-order chi connectivity index (χ1) is 15.8. The number of amides is 1. The lowest BCUT2D eigenvalue weighted by Gasteiger charge is -2.15. The molecule has 2 aromatic heterocycles. The summed E-state index contributed by atoms with van der Waals surface area (Å²) in [6, 6.07) is 14.2. The highest BCUT2D eigenvalue weighted by Crippen LogP contribution is 2.43. The van der Waals surface area contributed by atoms with Crippen LogP contribution in [0.2, 0.25) is 0 Å². The lowest BCUT2D eigenvalue weighted by atomic mass is 10.1. The van der Waals surface area contributed by atoms with E-state index in [4.69, 9.17) is 4.98 Å². The number of anilines is 1. The molecule has 0 spiro atoms. The van der Waals surface area contributed by atoms with E-state index in [1.807, 2.05) is 38.1 Å². The molecule has 2 aromatic carbocycles. The van der Waals surface area contributed by atoms with Crippen LogP contribution in [-0.4, -0.2) is 36.7 Å². The van der Waals surface area contributed by atoms with Crippen molar-refractivity contribution < 1.29 is 13.2 Å². The Hall–Kier alpha value is -2.59. The van der Waals surface area contributed by atoms with Crippen molar-refractivity contribution in [3.63, 3.8) is 0 Å². The first kappa shape index (κ1) is 22.2. The predicted octanol–water partition coefficient (Wildman–Crippen LogP) is 5.68. The second-order valence-corrected chi connectivity index (χ2v) is 12.3. The van der Waals surface area contributed by atoms with E-state index in [0.717, 1.165) is 49.1 Å². The molecular weight excluding hydrogens is 474 g/mol. The zero-order chi connectivity index (χ0) is 23.2. The summed E-state index contributed by atoms with van der Waals surface area (Å²) < 4.78 is 28.1. The number of hydrogen-bond donors (Lipinski definition) is 1. The Morgan fingerprint density at radius 2 is 1.70 bits per heavy atom. The predicted molar refractivity (Wildman–Crippen MR) is 135 cm³/mol. The number of aromatic nitrogens is 1. The Labute approximate surface area is 201 Å². The maximum absolute atomic E-state index is 13.0. The molecule has 0 aliphatic carbocycles. The van der Waals surface area contributed by atoms with Crippen molar-refractivity contribution in [2.24, 2.45) is 0 Å². The largest absolute Gasteiger partial charge is 0.313 e. The number of hydrogen-bond acceptors (Lipinski definition) is 6. The highest BCUT2D eigenvalue weighted by atomic mass is 32.2. The highest BCUT2D eigenvalue weighted by molar-refractivity contribution is 7.89. The van der Waals surface area contributed by atoms with Crippen molar-refractivity contribution in [2.75, 3.05) is 18.4 Å². The molecule has 4 aromatic rings. The van der Waals surface area contributed by atoms with E-state index in [2.05, 4.69) is 5.32 Å². The quantitative estimate of drug-likeness (QED) is 0.385.